The van der Waals surface area contributed by atoms with Gasteiger partial charge in [-0.15, -0.1) is 0 Å². The Morgan fingerprint density at radius 2 is 1.81 bits per heavy atom. The molecule has 0 bridgehead atoms. The number of hydrogen-bond acceptors (Lipinski definition) is 3. The molecule has 0 saturated heterocycles. The molecular weight excluding hydrogens is 527 g/mol. The Morgan fingerprint density at radius 3 is 2.39 bits per heavy atom. The molecule has 0 aromatic heterocycles. The molecule has 0 aliphatic rings. The first-order valence-electron chi connectivity index (χ1n) is 9.86. The first-order chi connectivity index (χ1) is 14.8. The van der Waals surface area contributed by atoms with E-state index in [1.54, 1.807) is 36.4 Å². The van der Waals surface area contributed by atoms with Crippen LogP contribution in [0.1, 0.15) is 32.3 Å². The van der Waals surface area contributed by atoms with E-state index in [4.69, 9.17) is 39.5 Å². The van der Waals surface area contributed by atoms with Gasteiger partial charge in [0.1, 0.15) is 11.8 Å². The summed E-state index contributed by atoms with van der Waals surface area (Å²) in [4.78, 5) is 27.4. The van der Waals surface area contributed by atoms with Gasteiger partial charge in [-0.05, 0) is 59.1 Å². The average molecular weight is 551 g/mol. The molecule has 0 aliphatic heterocycles. The maximum absolute atomic E-state index is 13.2. The molecule has 1 atom stereocenters. The van der Waals surface area contributed by atoms with Crippen molar-refractivity contribution in [2.75, 3.05) is 13.2 Å². The van der Waals surface area contributed by atoms with Crippen LogP contribution >= 0.6 is 50.7 Å². The number of hydrogen-bond donors (Lipinski definition) is 1. The zero-order chi connectivity index (χ0) is 23.0. The van der Waals surface area contributed by atoms with E-state index in [1.165, 1.54) is 4.90 Å². The molecule has 0 spiro atoms. The molecule has 2 amide bonds. The first kappa shape index (κ1) is 25.8. The summed E-state index contributed by atoms with van der Waals surface area (Å²) in [6, 6.07) is 9.45. The highest BCUT2D eigenvalue weighted by atomic mass is 79.9. The number of benzene rings is 2. The Balaban J connectivity index is 2.28. The van der Waals surface area contributed by atoms with E-state index in [0.717, 1.165) is 6.42 Å². The smallest absolute Gasteiger partial charge is 0.261 e. The molecule has 0 heterocycles. The highest BCUT2D eigenvalue weighted by Crippen LogP contribution is 2.29. The van der Waals surface area contributed by atoms with Crippen LogP contribution < -0.4 is 10.1 Å². The monoisotopic (exact) mass is 548 g/mol. The van der Waals surface area contributed by atoms with Gasteiger partial charge >= 0.3 is 0 Å². The van der Waals surface area contributed by atoms with E-state index in [0.29, 0.717) is 43.8 Å². The molecule has 0 aliphatic carbocycles. The summed E-state index contributed by atoms with van der Waals surface area (Å²) in [5, 5.41) is 4.25. The Hall–Kier alpha value is -1.47. The molecule has 2 aromatic rings. The molecule has 1 N–H and O–H groups in total. The third-order valence-electron chi connectivity index (χ3n) is 4.57. The lowest BCUT2D eigenvalue weighted by Gasteiger charge is -2.31. The first-order valence-corrected chi connectivity index (χ1v) is 11.8. The molecule has 9 heteroatoms. The van der Waals surface area contributed by atoms with Crippen molar-refractivity contribution in [3.63, 3.8) is 0 Å². The van der Waals surface area contributed by atoms with Crippen molar-refractivity contribution in [2.24, 2.45) is 0 Å². The fourth-order valence-electron chi connectivity index (χ4n) is 2.95. The maximum Gasteiger partial charge on any atom is 0.261 e. The van der Waals surface area contributed by atoms with E-state index in [9.17, 15) is 9.59 Å². The molecule has 2 rings (SSSR count). The highest BCUT2D eigenvalue weighted by Gasteiger charge is 2.30. The second-order valence-electron chi connectivity index (χ2n) is 6.80. The minimum Gasteiger partial charge on any atom is -0.483 e. The van der Waals surface area contributed by atoms with Crippen LogP contribution in [0.5, 0.6) is 5.75 Å². The van der Waals surface area contributed by atoms with Crippen molar-refractivity contribution in [1.29, 1.82) is 0 Å². The summed E-state index contributed by atoms with van der Waals surface area (Å²) in [5.74, 6) is -0.123. The summed E-state index contributed by atoms with van der Waals surface area (Å²) in [6.45, 7) is 4.16. The molecule has 2 aromatic carbocycles. The third kappa shape index (κ3) is 7.28. The highest BCUT2D eigenvalue weighted by molar-refractivity contribution is 9.10. The average Bonchev–Trinajstić information content (AvgIpc) is 2.73. The van der Waals surface area contributed by atoms with Gasteiger partial charge in [0.2, 0.25) is 5.91 Å². The van der Waals surface area contributed by atoms with E-state index < -0.39 is 6.04 Å². The summed E-state index contributed by atoms with van der Waals surface area (Å²) < 4.78 is 6.32. The third-order valence-corrected chi connectivity index (χ3v) is 6.13. The zero-order valence-electron chi connectivity index (χ0n) is 17.3. The lowest BCUT2D eigenvalue weighted by Crippen LogP contribution is -2.50. The maximum atomic E-state index is 13.2. The SMILES string of the molecule is CCCNC(=O)[C@@H](CC)N(Cc1c(Cl)cccc1Cl)C(=O)COc1ccc(Cl)cc1Br. The lowest BCUT2D eigenvalue weighted by molar-refractivity contribution is -0.143. The van der Waals surface area contributed by atoms with Crippen LogP contribution in [-0.4, -0.2) is 35.9 Å². The minimum absolute atomic E-state index is 0.0839. The second kappa shape index (κ2) is 12.5. The van der Waals surface area contributed by atoms with Crippen LogP contribution in [0, 0.1) is 0 Å². The van der Waals surface area contributed by atoms with Crippen LogP contribution in [-0.2, 0) is 16.1 Å². The predicted octanol–water partition coefficient (Wildman–Crippen LogP) is 6.12. The van der Waals surface area contributed by atoms with Gasteiger partial charge < -0.3 is 15.0 Å². The van der Waals surface area contributed by atoms with Gasteiger partial charge in [-0.1, -0.05) is 54.7 Å². The van der Waals surface area contributed by atoms with Crippen molar-refractivity contribution in [3.8, 4) is 5.75 Å². The molecule has 0 radical (unpaired) electrons. The second-order valence-corrected chi connectivity index (χ2v) is 8.91. The van der Waals surface area contributed by atoms with Crippen LogP contribution in [0.4, 0.5) is 0 Å². The molecule has 31 heavy (non-hydrogen) atoms. The molecule has 0 fully saturated rings. The summed E-state index contributed by atoms with van der Waals surface area (Å²) in [5.41, 5.74) is 0.577. The summed E-state index contributed by atoms with van der Waals surface area (Å²) in [7, 11) is 0. The zero-order valence-corrected chi connectivity index (χ0v) is 21.1. The Bertz CT molecular complexity index is 907. The van der Waals surface area contributed by atoms with Gasteiger partial charge in [0.15, 0.2) is 6.61 Å². The van der Waals surface area contributed by atoms with Crippen LogP contribution in [0.3, 0.4) is 0 Å². The fourth-order valence-corrected chi connectivity index (χ4v) is 4.27. The fraction of sp³-hybridized carbons (Fsp3) is 0.364. The van der Waals surface area contributed by atoms with Gasteiger partial charge in [0.05, 0.1) is 4.47 Å². The standard InChI is InChI=1S/C22H24BrCl3N2O3/c1-3-10-27-22(30)19(4-2)28(12-15-17(25)6-5-7-18(15)26)21(29)13-31-20-9-8-14(24)11-16(20)23/h5-9,11,19H,3-4,10,12-13H2,1-2H3,(H,27,30)/t19-/m1/s1. The van der Waals surface area contributed by atoms with E-state index >= 15 is 0 Å². The van der Waals surface area contributed by atoms with Gasteiger partial charge in [0.25, 0.3) is 5.91 Å². The van der Waals surface area contributed by atoms with Gasteiger partial charge in [-0.3, -0.25) is 9.59 Å². The molecule has 0 unspecified atom stereocenters. The number of carbonyl (C=O) groups excluding carboxylic acids is 2. The predicted molar refractivity (Wildman–Crippen MR) is 129 cm³/mol. The molecule has 5 nitrogen and oxygen atoms in total. The number of amides is 2. The van der Waals surface area contributed by atoms with E-state index in [1.807, 2.05) is 13.8 Å². The Labute approximate surface area is 206 Å². The minimum atomic E-state index is -0.691. The number of rotatable bonds is 10. The van der Waals surface area contributed by atoms with Crippen molar-refractivity contribution in [2.45, 2.75) is 39.3 Å². The van der Waals surface area contributed by atoms with Gasteiger partial charge in [-0.2, -0.15) is 0 Å². The molecule has 168 valence electrons. The van der Waals surface area contributed by atoms with Crippen molar-refractivity contribution < 1.29 is 14.3 Å². The normalized spacial score (nSPS) is 11.7. The van der Waals surface area contributed by atoms with Crippen molar-refractivity contribution in [1.82, 2.24) is 10.2 Å². The quantitative estimate of drug-likeness (QED) is 0.388. The van der Waals surface area contributed by atoms with Crippen LogP contribution in [0.25, 0.3) is 0 Å². The van der Waals surface area contributed by atoms with Gasteiger partial charge in [0, 0.05) is 33.7 Å². The Kier molecular flexibility index (Phi) is 10.4. The molecular formula is C22H24BrCl3N2O3. The van der Waals surface area contributed by atoms with Gasteiger partial charge in [-0.25, -0.2) is 0 Å². The van der Waals surface area contributed by atoms with Crippen LogP contribution in [0.2, 0.25) is 15.1 Å². The number of nitrogens with zero attached hydrogens (tertiary/aromatic N) is 1. The van der Waals surface area contributed by atoms with E-state index in [2.05, 4.69) is 21.2 Å². The summed E-state index contributed by atoms with van der Waals surface area (Å²) >= 11 is 22.0. The van der Waals surface area contributed by atoms with Crippen molar-refractivity contribution >= 4 is 62.5 Å². The van der Waals surface area contributed by atoms with E-state index in [-0.39, 0.29) is 25.0 Å². The number of carbonyl (C=O) groups is 2. The lowest BCUT2D eigenvalue weighted by atomic mass is 10.1. The van der Waals surface area contributed by atoms with Crippen LogP contribution in [0.15, 0.2) is 40.9 Å². The number of ether oxygens (including phenoxy) is 1. The number of halogens is 4. The topological polar surface area (TPSA) is 58.6 Å². The molecule has 0 saturated carbocycles. The van der Waals surface area contributed by atoms with Crippen molar-refractivity contribution in [3.05, 3.63) is 61.5 Å². The largest absolute Gasteiger partial charge is 0.483 e. The Morgan fingerprint density at radius 1 is 1.13 bits per heavy atom. The number of nitrogens with one attached hydrogen (secondary N) is 1. The summed E-state index contributed by atoms with van der Waals surface area (Å²) in [6.07, 6.45) is 1.22.